The highest BCUT2D eigenvalue weighted by Gasteiger charge is 2.22. The normalized spacial score (nSPS) is 11.1. The van der Waals surface area contributed by atoms with Gasteiger partial charge in [0, 0.05) is 26.7 Å². The lowest BCUT2D eigenvalue weighted by Crippen LogP contribution is -2.18. The standard InChI is InChI=1S/C20H20Cl2N4O3S/c1-11(2)17-19(30-15-7-13(21)6-14(22)8-15)26(16(25-17)10-29-20(23)28)9-12-4-3-5-24-18(12)27/h3-8,11H,9-10H2,1-2H3,(H2,23,28)(H,24,27). The van der Waals surface area contributed by atoms with Gasteiger partial charge in [-0.2, -0.15) is 0 Å². The second-order valence-electron chi connectivity index (χ2n) is 6.80. The Bertz CT molecular complexity index is 1110. The Morgan fingerprint density at radius 3 is 2.60 bits per heavy atom. The van der Waals surface area contributed by atoms with Crippen LogP contribution in [0.3, 0.4) is 0 Å². The number of carbonyl (C=O) groups excluding carboxylic acids is 1. The van der Waals surface area contributed by atoms with Crippen molar-refractivity contribution in [2.24, 2.45) is 5.73 Å². The monoisotopic (exact) mass is 466 g/mol. The van der Waals surface area contributed by atoms with E-state index in [1.54, 1.807) is 36.5 Å². The predicted molar refractivity (Wildman–Crippen MR) is 117 cm³/mol. The van der Waals surface area contributed by atoms with Gasteiger partial charge in [0.15, 0.2) is 6.61 Å². The molecule has 0 aliphatic rings. The zero-order chi connectivity index (χ0) is 21.8. The van der Waals surface area contributed by atoms with Crippen molar-refractivity contribution in [2.75, 3.05) is 0 Å². The number of hydrogen-bond acceptors (Lipinski definition) is 5. The van der Waals surface area contributed by atoms with Crippen LogP contribution in [0.15, 0.2) is 51.2 Å². The van der Waals surface area contributed by atoms with Crippen LogP contribution in [0.25, 0.3) is 0 Å². The SMILES string of the molecule is CC(C)c1nc(COC(N)=O)n(Cc2ccc[nH]c2=O)c1Sc1cc(Cl)cc(Cl)c1. The molecule has 0 aliphatic carbocycles. The van der Waals surface area contributed by atoms with Crippen molar-refractivity contribution < 1.29 is 9.53 Å². The Hall–Kier alpha value is -2.42. The van der Waals surface area contributed by atoms with Gasteiger partial charge in [-0.25, -0.2) is 9.78 Å². The number of nitrogens with zero attached hydrogens (tertiary/aromatic N) is 2. The Labute approximate surface area is 187 Å². The molecule has 0 saturated heterocycles. The van der Waals surface area contributed by atoms with E-state index in [0.29, 0.717) is 21.4 Å². The Morgan fingerprint density at radius 2 is 2.00 bits per heavy atom. The topological polar surface area (TPSA) is 103 Å². The minimum Gasteiger partial charge on any atom is -0.442 e. The number of halogens is 2. The largest absolute Gasteiger partial charge is 0.442 e. The highest BCUT2D eigenvalue weighted by atomic mass is 35.5. The summed E-state index contributed by atoms with van der Waals surface area (Å²) >= 11 is 13.7. The van der Waals surface area contributed by atoms with E-state index in [2.05, 4.69) is 9.97 Å². The molecular weight excluding hydrogens is 447 g/mol. The van der Waals surface area contributed by atoms with Gasteiger partial charge in [-0.3, -0.25) is 4.79 Å². The van der Waals surface area contributed by atoms with Gasteiger partial charge in [-0.05, 0) is 30.2 Å². The van der Waals surface area contributed by atoms with Crippen LogP contribution >= 0.6 is 35.0 Å². The smallest absolute Gasteiger partial charge is 0.404 e. The second-order valence-corrected chi connectivity index (χ2v) is 8.73. The number of hydrogen-bond donors (Lipinski definition) is 2. The van der Waals surface area contributed by atoms with Crippen molar-refractivity contribution in [2.45, 2.75) is 42.8 Å². The molecule has 0 fully saturated rings. The minimum absolute atomic E-state index is 0.0739. The lowest BCUT2D eigenvalue weighted by Gasteiger charge is -2.13. The molecule has 1 amide bonds. The van der Waals surface area contributed by atoms with Crippen molar-refractivity contribution in [3.8, 4) is 0 Å². The number of pyridine rings is 1. The number of aromatic amines is 1. The van der Waals surface area contributed by atoms with Crippen LogP contribution < -0.4 is 11.3 Å². The molecule has 0 atom stereocenters. The number of ether oxygens (including phenoxy) is 1. The number of imidazole rings is 1. The summed E-state index contributed by atoms with van der Waals surface area (Å²) in [6.45, 7) is 4.14. The number of aromatic nitrogens is 3. The van der Waals surface area contributed by atoms with Crippen molar-refractivity contribution in [1.82, 2.24) is 14.5 Å². The van der Waals surface area contributed by atoms with Crippen molar-refractivity contribution in [3.05, 3.63) is 74.0 Å². The average molecular weight is 467 g/mol. The van der Waals surface area contributed by atoms with Gasteiger partial charge >= 0.3 is 6.09 Å². The Kier molecular flexibility index (Phi) is 7.12. The zero-order valence-electron chi connectivity index (χ0n) is 16.3. The highest BCUT2D eigenvalue weighted by Crippen LogP contribution is 2.37. The molecule has 30 heavy (non-hydrogen) atoms. The molecule has 2 aromatic heterocycles. The molecule has 2 heterocycles. The lowest BCUT2D eigenvalue weighted by atomic mass is 10.1. The quantitative estimate of drug-likeness (QED) is 0.520. The van der Waals surface area contributed by atoms with Crippen molar-refractivity contribution >= 4 is 41.1 Å². The summed E-state index contributed by atoms with van der Waals surface area (Å²) in [5, 5.41) is 1.83. The first-order valence-corrected chi connectivity index (χ1v) is 10.6. The van der Waals surface area contributed by atoms with Crippen molar-refractivity contribution in [3.63, 3.8) is 0 Å². The predicted octanol–water partition coefficient (Wildman–Crippen LogP) is 4.80. The molecule has 0 saturated carbocycles. The average Bonchev–Trinajstić information content (AvgIpc) is 2.98. The van der Waals surface area contributed by atoms with E-state index < -0.39 is 6.09 Å². The number of rotatable bonds is 7. The summed E-state index contributed by atoms with van der Waals surface area (Å²) in [7, 11) is 0. The van der Waals surface area contributed by atoms with E-state index in [1.807, 2.05) is 18.4 Å². The fourth-order valence-electron chi connectivity index (χ4n) is 2.85. The Morgan fingerprint density at radius 1 is 1.30 bits per heavy atom. The van der Waals surface area contributed by atoms with Gasteiger partial charge in [-0.15, -0.1) is 0 Å². The molecule has 0 bridgehead atoms. The minimum atomic E-state index is -0.899. The molecule has 0 unspecified atom stereocenters. The number of benzene rings is 1. The first kappa shape index (κ1) is 22.3. The van der Waals surface area contributed by atoms with Gasteiger partial charge in [0.25, 0.3) is 5.56 Å². The third-order valence-electron chi connectivity index (χ3n) is 4.19. The van der Waals surface area contributed by atoms with Crippen LogP contribution in [0, 0.1) is 0 Å². The fraction of sp³-hybridized carbons (Fsp3) is 0.250. The van der Waals surface area contributed by atoms with Gasteiger partial charge in [0.2, 0.25) is 0 Å². The number of primary amides is 1. The van der Waals surface area contributed by atoms with E-state index in [1.165, 1.54) is 11.8 Å². The maximum atomic E-state index is 12.3. The first-order valence-electron chi connectivity index (χ1n) is 9.06. The molecule has 3 rings (SSSR count). The number of carbonyl (C=O) groups is 1. The summed E-state index contributed by atoms with van der Waals surface area (Å²) in [6, 6.07) is 8.74. The van der Waals surface area contributed by atoms with Crippen LogP contribution in [-0.4, -0.2) is 20.6 Å². The maximum Gasteiger partial charge on any atom is 0.404 e. The Balaban J connectivity index is 2.12. The van der Waals surface area contributed by atoms with Crippen LogP contribution in [0.2, 0.25) is 10.0 Å². The summed E-state index contributed by atoms with van der Waals surface area (Å²) in [5.74, 6) is 0.557. The van der Waals surface area contributed by atoms with E-state index in [4.69, 9.17) is 33.7 Å². The molecule has 10 heteroatoms. The third kappa shape index (κ3) is 5.38. The molecule has 0 aliphatic heterocycles. The van der Waals surface area contributed by atoms with Crippen molar-refractivity contribution in [1.29, 1.82) is 0 Å². The number of amides is 1. The van der Waals surface area contributed by atoms with E-state index in [0.717, 1.165) is 15.6 Å². The van der Waals surface area contributed by atoms with Crippen LogP contribution in [0.1, 0.15) is 36.8 Å². The van der Waals surface area contributed by atoms with Gasteiger partial charge in [0.05, 0.1) is 12.2 Å². The number of nitrogens with one attached hydrogen (secondary N) is 1. The zero-order valence-corrected chi connectivity index (χ0v) is 18.6. The molecule has 0 radical (unpaired) electrons. The van der Waals surface area contributed by atoms with E-state index >= 15 is 0 Å². The second kappa shape index (κ2) is 9.59. The summed E-state index contributed by atoms with van der Waals surface area (Å²) in [5.41, 5.74) is 6.27. The summed E-state index contributed by atoms with van der Waals surface area (Å²) in [6.07, 6.45) is 0.670. The molecule has 3 aromatic rings. The summed E-state index contributed by atoms with van der Waals surface area (Å²) < 4.78 is 6.84. The number of nitrogens with two attached hydrogens (primary N) is 1. The molecule has 0 spiro atoms. The van der Waals surface area contributed by atoms with Crippen LogP contribution in [-0.2, 0) is 17.9 Å². The summed E-state index contributed by atoms with van der Waals surface area (Å²) in [4.78, 5) is 31.6. The molecular formula is C20H20Cl2N4O3S. The molecule has 158 valence electrons. The van der Waals surface area contributed by atoms with Gasteiger partial charge in [-0.1, -0.05) is 54.9 Å². The van der Waals surface area contributed by atoms with Crippen LogP contribution in [0.4, 0.5) is 4.79 Å². The lowest BCUT2D eigenvalue weighted by molar-refractivity contribution is 0.145. The van der Waals surface area contributed by atoms with E-state index in [-0.39, 0.29) is 24.6 Å². The molecule has 7 nitrogen and oxygen atoms in total. The molecule has 1 aromatic carbocycles. The highest BCUT2D eigenvalue weighted by molar-refractivity contribution is 7.99. The van der Waals surface area contributed by atoms with Crippen LogP contribution in [0.5, 0.6) is 0 Å². The van der Waals surface area contributed by atoms with Gasteiger partial charge in [0.1, 0.15) is 10.9 Å². The van der Waals surface area contributed by atoms with E-state index in [9.17, 15) is 9.59 Å². The third-order valence-corrected chi connectivity index (χ3v) is 5.73. The first-order chi connectivity index (χ1) is 14.2. The number of H-pyrrole nitrogens is 1. The fourth-order valence-corrected chi connectivity index (χ4v) is 4.76. The maximum absolute atomic E-state index is 12.3. The molecule has 3 N–H and O–H groups in total. The van der Waals surface area contributed by atoms with Gasteiger partial charge < -0.3 is 20.0 Å².